The zero-order valence-corrected chi connectivity index (χ0v) is 15.6. The first-order valence-corrected chi connectivity index (χ1v) is 9.10. The molecule has 4 rings (SSSR count). The Hall–Kier alpha value is -3.86. The number of carboxylic acids is 1. The van der Waals surface area contributed by atoms with Gasteiger partial charge in [0.2, 0.25) is 0 Å². The summed E-state index contributed by atoms with van der Waals surface area (Å²) in [5.74, 6) is -1.04. The van der Waals surface area contributed by atoms with Crippen LogP contribution in [0.1, 0.15) is 17.2 Å². The molecular formula is C24H17O5-. The zero-order chi connectivity index (χ0) is 20.4. The number of hydrogen-bond donors (Lipinski definition) is 0. The molecule has 29 heavy (non-hydrogen) atoms. The topological polar surface area (TPSA) is 79.6 Å². The highest BCUT2D eigenvalue weighted by molar-refractivity contribution is 5.95. The summed E-state index contributed by atoms with van der Waals surface area (Å²) in [6.07, 6.45) is -1.28. The molecule has 0 radical (unpaired) electrons. The minimum absolute atomic E-state index is 0.309. The van der Waals surface area contributed by atoms with E-state index in [1.54, 1.807) is 49.4 Å². The third-order valence-electron chi connectivity index (χ3n) is 4.76. The van der Waals surface area contributed by atoms with Crippen molar-refractivity contribution in [1.29, 1.82) is 0 Å². The second-order valence-electron chi connectivity index (χ2n) is 6.64. The van der Waals surface area contributed by atoms with Gasteiger partial charge in [0.1, 0.15) is 11.3 Å². The molecule has 1 heterocycles. The van der Waals surface area contributed by atoms with Gasteiger partial charge in [0.05, 0.1) is 5.97 Å². The van der Waals surface area contributed by atoms with E-state index in [4.69, 9.17) is 9.15 Å². The molecule has 0 spiro atoms. The van der Waals surface area contributed by atoms with Crippen LogP contribution in [0.2, 0.25) is 0 Å². The molecule has 0 unspecified atom stereocenters. The molecule has 0 aliphatic rings. The Morgan fingerprint density at radius 2 is 1.62 bits per heavy atom. The predicted molar refractivity (Wildman–Crippen MR) is 107 cm³/mol. The van der Waals surface area contributed by atoms with Crippen molar-refractivity contribution in [3.8, 4) is 16.9 Å². The summed E-state index contributed by atoms with van der Waals surface area (Å²) in [5, 5.41) is 12.4. The highest BCUT2D eigenvalue weighted by Crippen LogP contribution is 2.34. The van der Waals surface area contributed by atoms with E-state index in [0.717, 1.165) is 16.5 Å². The zero-order valence-electron chi connectivity index (χ0n) is 15.6. The van der Waals surface area contributed by atoms with Crippen LogP contribution in [0.15, 0.2) is 88.1 Å². The Labute approximate surface area is 166 Å². The lowest BCUT2D eigenvalue weighted by Gasteiger charge is -2.22. The molecule has 0 aliphatic carbocycles. The van der Waals surface area contributed by atoms with Crippen LogP contribution in [0.25, 0.3) is 22.1 Å². The molecule has 144 valence electrons. The summed E-state index contributed by atoms with van der Waals surface area (Å²) < 4.78 is 11.2. The van der Waals surface area contributed by atoms with Crippen LogP contribution < -0.4 is 15.5 Å². The SMILES string of the molecule is Cc1c(O[C@H](C(=O)[O-])c2ccccc2)ccc2c(-c3ccccc3)cc(=O)oc12. The van der Waals surface area contributed by atoms with Crippen molar-refractivity contribution in [2.24, 2.45) is 0 Å². The second kappa shape index (κ2) is 7.64. The number of ether oxygens (including phenoxy) is 1. The van der Waals surface area contributed by atoms with E-state index in [1.165, 1.54) is 6.07 Å². The van der Waals surface area contributed by atoms with Crippen LogP contribution >= 0.6 is 0 Å². The van der Waals surface area contributed by atoms with E-state index in [2.05, 4.69) is 0 Å². The molecule has 1 aromatic heterocycles. The van der Waals surface area contributed by atoms with Crippen LogP contribution in [0, 0.1) is 6.92 Å². The van der Waals surface area contributed by atoms with Crippen LogP contribution in [-0.2, 0) is 4.79 Å². The predicted octanol–water partition coefficient (Wildman–Crippen LogP) is 3.64. The first kappa shape index (κ1) is 18.5. The molecule has 0 saturated heterocycles. The van der Waals surface area contributed by atoms with Gasteiger partial charge in [-0.3, -0.25) is 0 Å². The number of carboxylic acid groups (broad SMARTS) is 1. The molecule has 0 amide bonds. The Morgan fingerprint density at radius 3 is 2.28 bits per heavy atom. The van der Waals surface area contributed by atoms with Crippen LogP contribution in [-0.4, -0.2) is 5.97 Å². The number of fused-ring (bicyclic) bond motifs is 1. The fourth-order valence-corrected chi connectivity index (χ4v) is 3.33. The number of rotatable bonds is 5. The van der Waals surface area contributed by atoms with Crippen LogP contribution in [0.3, 0.4) is 0 Å². The van der Waals surface area contributed by atoms with Gasteiger partial charge in [-0.2, -0.15) is 0 Å². The van der Waals surface area contributed by atoms with Crippen molar-refractivity contribution >= 4 is 16.9 Å². The van der Waals surface area contributed by atoms with Gasteiger partial charge in [-0.05, 0) is 35.7 Å². The molecule has 1 atom stereocenters. The lowest BCUT2D eigenvalue weighted by molar-refractivity contribution is -0.314. The van der Waals surface area contributed by atoms with Crippen molar-refractivity contribution in [3.05, 3.63) is 100 Å². The first-order valence-electron chi connectivity index (χ1n) is 9.10. The Balaban J connectivity index is 1.83. The Morgan fingerprint density at radius 1 is 0.966 bits per heavy atom. The lowest BCUT2D eigenvalue weighted by Crippen LogP contribution is -2.33. The summed E-state index contributed by atoms with van der Waals surface area (Å²) in [4.78, 5) is 23.8. The van der Waals surface area contributed by atoms with Crippen molar-refractivity contribution in [2.45, 2.75) is 13.0 Å². The summed E-state index contributed by atoms with van der Waals surface area (Å²) in [7, 11) is 0. The molecule has 0 bridgehead atoms. The van der Waals surface area contributed by atoms with Gasteiger partial charge in [-0.1, -0.05) is 60.7 Å². The smallest absolute Gasteiger partial charge is 0.336 e. The van der Waals surface area contributed by atoms with Crippen molar-refractivity contribution in [3.63, 3.8) is 0 Å². The average molecular weight is 385 g/mol. The second-order valence-corrected chi connectivity index (χ2v) is 6.64. The summed E-state index contributed by atoms with van der Waals surface area (Å²) in [6.45, 7) is 1.73. The van der Waals surface area contributed by atoms with Gasteiger partial charge in [0.25, 0.3) is 0 Å². The molecule has 3 aromatic carbocycles. The number of benzene rings is 3. The maximum atomic E-state index is 12.2. The first-order chi connectivity index (χ1) is 14.0. The van der Waals surface area contributed by atoms with E-state index in [-0.39, 0.29) is 0 Å². The van der Waals surface area contributed by atoms with Gasteiger partial charge >= 0.3 is 5.63 Å². The molecule has 0 N–H and O–H groups in total. The molecule has 5 heteroatoms. The van der Waals surface area contributed by atoms with Crippen molar-refractivity contribution < 1.29 is 19.1 Å². The summed E-state index contributed by atoms with van der Waals surface area (Å²) >= 11 is 0. The number of carbonyl (C=O) groups is 1. The van der Waals surface area contributed by atoms with Crippen molar-refractivity contribution in [1.82, 2.24) is 0 Å². The van der Waals surface area contributed by atoms with E-state index in [1.807, 2.05) is 30.3 Å². The standard InChI is InChI=1S/C24H18O5/c1-15-20(28-23(24(26)27)17-10-6-3-7-11-17)13-12-18-19(14-21(25)29-22(15)18)16-8-4-2-5-9-16/h2-14,23H,1H3,(H,26,27)/p-1/t23-/m0/s1. The van der Waals surface area contributed by atoms with Crippen LogP contribution in [0.4, 0.5) is 0 Å². The number of hydrogen-bond acceptors (Lipinski definition) is 5. The number of carbonyl (C=O) groups excluding carboxylic acids is 1. The third-order valence-corrected chi connectivity index (χ3v) is 4.76. The fraction of sp³-hybridized carbons (Fsp3) is 0.0833. The minimum Gasteiger partial charge on any atom is -0.546 e. The maximum absolute atomic E-state index is 12.2. The molecule has 4 aromatic rings. The number of aliphatic carboxylic acids is 1. The molecule has 0 saturated carbocycles. The van der Waals surface area contributed by atoms with Crippen molar-refractivity contribution in [2.75, 3.05) is 0 Å². The fourth-order valence-electron chi connectivity index (χ4n) is 3.33. The Bertz CT molecular complexity index is 1230. The molecule has 0 aliphatic heterocycles. The minimum atomic E-state index is -1.35. The lowest BCUT2D eigenvalue weighted by atomic mass is 10.00. The Kier molecular flexibility index (Phi) is 4.87. The number of aryl methyl sites for hydroxylation is 1. The highest BCUT2D eigenvalue weighted by Gasteiger charge is 2.18. The monoisotopic (exact) mass is 385 g/mol. The normalized spacial score (nSPS) is 11.9. The maximum Gasteiger partial charge on any atom is 0.336 e. The van der Waals surface area contributed by atoms with E-state index < -0.39 is 17.7 Å². The summed E-state index contributed by atoms with van der Waals surface area (Å²) in [5.41, 5.74) is 2.50. The van der Waals surface area contributed by atoms with Gasteiger partial charge in [-0.15, -0.1) is 0 Å². The van der Waals surface area contributed by atoms with E-state index in [9.17, 15) is 14.7 Å². The largest absolute Gasteiger partial charge is 0.546 e. The van der Waals surface area contributed by atoms with Crippen LogP contribution in [0.5, 0.6) is 5.75 Å². The average Bonchev–Trinajstić information content (AvgIpc) is 2.74. The molecule has 5 nitrogen and oxygen atoms in total. The van der Waals surface area contributed by atoms with Gasteiger partial charge < -0.3 is 19.1 Å². The highest BCUT2D eigenvalue weighted by atomic mass is 16.5. The summed E-state index contributed by atoms with van der Waals surface area (Å²) in [6, 6.07) is 23.0. The van der Waals surface area contributed by atoms with E-state index >= 15 is 0 Å². The quantitative estimate of drug-likeness (QED) is 0.490. The van der Waals surface area contributed by atoms with Gasteiger partial charge in [0.15, 0.2) is 6.10 Å². The van der Waals surface area contributed by atoms with Gasteiger partial charge in [0, 0.05) is 17.0 Å². The third kappa shape index (κ3) is 3.62. The molecular weight excluding hydrogens is 368 g/mol. The van der Waals surface area contributed by atoms with E-state index in [0.29, 0.717) is 22.5 Å². The molecule has 0 fully saturated rings. The van der Waals surface area contributed by atoms with Gasteiger partial charge in [-0.25, -0.2) is 4.79 Å².